The van der Waals surface area contributed by atoms with Crippen LogP contribution in [0, 0.1) is 0 Å². The first-order valence-corrected chi connectivity index (χ1v) is 9.89. The van der Waals surface area contributed by atoms with E-state index < -0.39 is 0 Å². The molecule has 0 saturated carbocycles. The largest absolute Gasteiger partial charge is 0.378 e. The van der Waals surface area contributed by atoms with Crippen LogP contribution in [0.4, 0.5) is 11.4 Å². The Morgan fingerprint density at radius 1 is 1.03 bits per heavy atom. The number of allylic oxidation sites excluding steroid dienone is 2. The van der Waals surface area contributed by atoms with Crippen molar-refractivity contribution < 1.29 is 4.79 Å². The van der Waals surface area contributed by atoms with Crippen LogP contribution in [0.2, 0.25) is 0 Å². The predicted octanol–water partition coefficient (Wildman–Crippen LogP) is 3.09. The van der Waals surface area contributed by atoms with Gasteiger partial charge in [-0.1, -0.05) is 48.6 Å². The van der Waals surface area contributed by atoms with Crippen LogP contribution in [0.1, 0.15) is 16.8 Å². The van der Waals surface area contributed by atoms with Gasteiger partial charge < -0.3 is 4.90 Å². The highest BCUT2D eigenvalue weighted by molar-refractivity contribution is 5.95. The van der Waals surface area contributed by atoms with Gasteiger partial charge in [-0.2, -0.15) is 0 Å². The maximum Gasteiger partial charge on any atom is 0.269 e. The van der Waals surface area contributed by atoms with Crippen LogP contribution in [0.25, 0.3) is 23.4 Å². The molecule has 0 unspecified atom stereocenters. The van der Waals surface area contributed by atoms with Crippen LogP contribution in [-0.2, 0) is 0 Å². The topological polar surface area (TPSA) is 57.3 Å². The van der Waals surface area contributed by atoms with Crippen LogP contribution in [-0.4, -0.2) is 25.0 Å². The van der Waals surface area contributed by atoms with Crippen LogP contribution in [0.15, 0.2) is 72.8 Å². The smallest absolute Gasteiger partial charge is 0.269 e. The Hall–Kier alpha value is -3.86. The van der Waals surface area contributed by atoms with E-state index in [9.17, 15) is 4.79 Å². The number of benzene rings is 2. The Balaban J connectivity index is 1.64. The molecule has 0 saturated heterocycles. The highest BCUT2D eigenvalue weighted by atomic mass is 16.2. The summed E-state index contributed by atoms with van der Waals surface area (Å²) in [5.74, 6) is -0.192. The van der Waals surface area contributed by atoms with Crippen LogP contribution < -0.4 is 26.3 Å². The molecule has 3 aromatic rings. The number of hydrogen-bond acceptors (Lipinski definition) is 4. The van der Waals surface area contributed by atoms with Gasteiger partial charge in [-0.3, -0.25) is 15.6 Å². The zero-order valence-electron chi connectivity index (χ0n) is 17.1. The summed E-state index contributed by atoms with van der Waals surface area (Å²) in [5.41, 5.74) is 10.3. The fourth-order valence-corrected chi connectivity index (χ4v) is 3.31. The van der Waals surface area contributed by atoms with Crippen molar-refractivity contribution in [1.82, 2.24) is 10.4 Å². The summed E-state index contributed by atoms with van der Waals surface area (Å²) in [7, 11) is 3.94. The van der Waals surface area contributed by atoms with Crippen molar-refractivity contribution in [2.45, 2.75) is 6.42 Å². The number of nitrogens with one attached hydrogen (secondary N) is 2. The lowest BCUT2D eigenvalue weighted by Gasteiger charge is -2.14. The van der Waals surface area contributed by atoms with Crippen molar-refractivity contribution in [3.05, 3.63) is 88.9 Å². The van der Waals surface area contributed by atoms with Gasteiger partial charge in [0.05, 0.1) is 16.7 Å². The summed E-state index contributed by atoms with van der Waals surface area (Å²) >= 11 is 0. The molecule has 2 N–H and O–H groups in total. The third kappa shape index (κ3) is 4.25. The second kappa shape index (κ2) is 8.66. The Kier molecular flexibility index (Phi) is 5.61. The normalized spacial score (nSPS) is 12.1. The van der Waals surface area contributed by atoms with E-state index in [2.05, 4.69) is 23.0 Å². The third-order valence-electron chi connectivity index (χ3n) is 4.96. The van der Waals surface area contributed by atoms with Gasteiger partial charge in [-0.25, -0.2) is 4.98 Å². The lowest BCUT2D eigenvalue weighted by atomic mass is 10.1. The molecule has 5 heteroatoms. The fraction of sp³-hybridized carbons (Fsp3) is 0.120. The molecule has 30 heavy (non-hydrogen) atoms. The molecule has 150 valence electrons. The summed E-state index contributed by atoms with van der Waals surface area (Å²) in [6, 6.07) is 19.5. The van der Waals surface area contributed by atoms with Gasteiger partial charge in [0.1, 0.15) is 0 Å². The molecule has 1 amide bonds. The molecule has 0 spiro atoms. The number of hydrogen-bond donors (Lipinski definition) is 2. The summed E-state index contributed by atoms with van der Waals surface area (Å²) in [4.78, 5) is 19.5. The van der Waals surface area contributed by atoms with Crippen LogP contribution in [0.5, 0.6) is 0 Å². The first-order chi connectivity index (χ1) is 14.6. The minimum Gasteiger partial charge on any atom is -0.378 e. The standard InChI is InChI=1S/C25H24N4O/c1-29(2)20-15-13-19(14-16-20)25(30)28-27-24-17-23(18-9-5-3-6-10-18)26-22-12-8-4-7-11-21(22)24/h3-6,8-17,27H,7H2,1-2H3,(H,28,30). The number of anilines is 2. The lowest BCUT2D eigenvalue weighted by molar-refractivity contribution is 0.0962. The highest BCUT2D eigenvalue weighted by Gasteiger charge is 2.09. The second-order valence-electron chi connectivity index (χ2n) is 7.28. The van der Waals surface area contributed by atoms with Crippen molar-refractivity contribution >= 4 is 29.4 Å². The quantitative estimate of drug-likeness (QED) is 0.651. The number of nitrogens with zero attached hydrogens (tertiary/aromatic N) is 2. The summed E-state index contributed by atoms with van der Waals surface area (Å²) in [6.07, 6.45) is 9.01. The van der Waals surface area contributed by atoms with Crippen molar-refractivity contribution in [2.75, 3.05) is 24.4 Å². The molecule has 1 heterocycles. The van der Waals surface area contributed by atoms with E-state index in [0.29, 0.717) is 5.56 Å². The van der Waals surface area contributed by atoms with E-state index in [1.807, 2.05) is 91.8 Å². The van der Waals surface area contributed by atoms with E-state index in [1.54, 1.807) is 0 Å². The van der Waals surface area contributed by atoms with Crippen molar-refractivity contribution in [3.63, 3.8) is 0 Å². The lowest BCUT2D eigenvalue weighted by Crippen LogP contribution is -2.37. The average molecular weight is 396 g/mol. The van der Waals surface area contributed by atoms with Gasteiger partial charge >= 0.3 is 0 Å². The number of fused-ring (bicyclic) bond motifs is 1. The number of rotatable bonds is 5. The Labute approximate surface area is 176 Å². The van der Waals surface area contributed by atoms with Crippen molar-refractivity contribution in [2.24, 2.45) is 0 Å². The number of aromatic nitrogens is 1. The van der Waals surface area contributed by atoms with Gasteiger partial charge in [-0.05, 0) is 42.8 Å². The number of carbonyl (C=O) groups excluding carboxylic acids is 1. The van der Waals surface area contributed by atoms with Gasteiger partial charge in [0.25, 0.3) is 5.91 Å². The zero-order valence-corrected chi connectivity index (χ0v) is 17.1. The Morgan fingerprint density at radius 3 is 2.53 bits per heavy atom. The van der Waals surface area contributed by atoms with Crippen LogP contribution in [0.3, 0.4) is 0 Å². The molecule has 1 aliphatic carbocycles. The summed E-state index contributed by atoms with van der Waals surface area (Å²) < 4.78 is 0. The Morgan fingerprint density at radius 2 is 1.80 bits per heavy atom. The van der Waals surface area contributed by atoms with Crippen molar-refractivity contribution in [3.8, 4) is 11.3 Å². The maximum absolute atomic E-state index is 12.7. The van der Waals surface area contributed by atoms with E-state index in [1.165, 1.54) is 0 Å². The molecule has 2 aromatic carbocycles. The number of carbonyl (C=O) groups is 1. The average Bonchev–Trinajstić information content (AvgIpc) is 3.03. The van der Waals surface area contributed by atoms with Crippen LogP contribution >= 0.6 is 0 Å². The SMILES string of the molecule is CN(C)c1ccc(C(=O)NNc2cc(-c3ccccc3)nc3c2=CCC=CC=3)cc1. The first kappa shape index (κ1) is 19.5. The summed E-state index contributed by atoms with van der Waals surface area (Å²) in [6.45, 7) is 0. The first-order valence-electron chi connectivity index (χ1n) is 9.89. The molecule has 0 aliphatic heterocycles. The van der Waals surface area contributed by atoms with Gasteiger partial charge in [-0.15, -0.1) is 0 Å². The fourth-order valence-electron chi connectivity index (χ4n) is 3.31. The maximum atomic E-state index is 12.7. The number of pyridine rings is 1. The molecule has 5 nitrogen and oxygen atoms in total. The van der Waals surface area contributed by atoms with E-state index in [0.717, 1.165) is 39.6 Å². The zero-order chi connectivity index (χ0) is 20.9. The molecular weight excluding hydrogens is 372 g/mol. The highest BCUT2D eigenvalue weighted by Crippen LogP contribution is 2.17. The molecular formula is C25H24N4O. The monoisotopic (exact) mass is 396 g/mol. The minimum atomic E-state index is -0.192. The minimum absolute atomic E-state index is 0.192. The number of hydrazine groups is 1. The number of amides is 1. The van der Waals surface area contributed by atoms with E-state index >= 15 is 0 Å². The molecule has 0 atom stereocenters. The predicted molar refractivity (Wildman–Crippen MR) is 123 cm³/mol. The molecule has 4 rings (SSSR count). The van der Waals surface area contributed by atoms with Crippen molar-refractivity contribution in [1.29, 1.82) is 0 Å². The molecule has 0 radical (unpaired) electrons. The second-order valence-corrected chi connectivity index (χ2v) is 7.28. The van der Waals surface area contributed by atoms with E-state index in [4.69, 9.17) is 4.98 Å². The van der Waals surface area contributed by atoms with Gasteiger partial charge in [0.2, 0.25) is 0 Å². The molecule has 0 fully saturated rings. The molecule has 1 aromatic heterocycles. The molecule has 1 aliphatic rings. The summed E-state index contributed by atoms with van der Waals surface area (Å²) in [5, 5.41) is 1.85. The van der Waals surface area contributed by atoms with Gasteiger partial charge in [0.15, 0.2) is 0 Å². The Bertz CT molecular complexity index is 1200. The molecule has 0 bridgehead atoms. The third-order valence-corrected chi connectivity index (χ3v) is 4.96. The van der Waals surface area contributed by atoms with E-state index in [-0.39, 0.29) is 5.91 Å². The van der Waals surface area contributed by atoms with Gasteiger partial charge in [0, 0.05) is 36.1 Å².